The number of benzene rings is 2. The fraction of sp³-hybridized carbons (Fsp3) is 0.519. The van der Waals surface area contributed by atoms with E-state index >= 15 is 0 Å². The Morgan fingerprint density at radius 1 is 1.24 bits per heavy atom. The van der Waals surface area contributed by atoms with Crippen LogP contribution in [0, 0.1) is 0 Å². The van der Waals surface area contributed by atoms with Gasteiger partial charge in [-0.3, -0.25) is 4.90 Å². The third kappa shape index (κ3) is 8.58. The molecule has 0 bridgehead atoms. The summed E-state index contributed by atoms with van der Waals surface area (Å²) in [6.07, 6.45) is 5.05. The van der Waals surface area contributed by atoms with E-state index in [0.29, 0.717) is 23.4 Å². The molecular weight excluding hydrogens is 452 g/mol. The zero-order chi connectivity index (χ0) is 24.3. The van der Waals surface area contributed by atoms with Crippen LogP contribution in [0.4, 0.5) is 0 Å². The lowest BCUT2D eigenvalue weighted by Gasteiger charge is -2.33. The van der Waals surface area contributed by atoms with E-state index in [-0.39, 0.29) is 12.6 Å². The van der Waals surface area contributed by atoms with E-state index in [4.69, 9.17) is 16.3 Å². The summed E-state index contributed by atoms with van der Waals surface area (Å²) in [5.41, 5.74) is 2.02. The van der Waals surface area contributed by atoms with Crippen molar-refractivity contribution >= 4 is 17.6 Å². The van der Waals surface area contributed by atoms with Crippen LogP contribution in [0.3, 0.4) is 0 Å². The summed E-state index contributed by atoms with van der Waals surface area (Å²) in [6.45, 7) is 4.67. The number of methoxy groups -OCH3 is 1. The van der Waals surface area contributed by atoms with Crippen LogP contribution in [0.5, 0.6) is 5.75 Å². The highest BCUT2D eigenvalue weighted by molar-refractivity contribution is 6.30. The molecule has 3 atom stereocenters. The number of carbonyl (C=O) groups is 1. The van der Waals surface area contributed by atoms with Crippen molar-refractivity contribution in [2.75, 3.05) is 33.4 Å². The molecule has 0 radical (unpaired) electrons. The summed E-state index contributed by atoms with van der Waals surface area (Å²) >= 11 is 6.15. The van der Waals surface area contributed by atoms with Gasteiger partial charge in [-0.15, -0.1) is 0 Å². The van der Waals surface area contributed by atoms with Gasteiger partial charge in [0.2, 0.25) is 0 Å². The molecule has 34 heavy (non-hydrogen) atoms. The molecule has 0 saturated carbocycles. The van der Waals surface area contributed by atoms with Gasteiger partial charge in [-0.1, -0.05) is 42.3 Å². The molecule has 0 aliphatic carbocycles. The molecule has 1 heterocycles. The quantitative estimate of drug-likeness (QED) is 0.432. The number of aliphatic hydroxyl groups is 1. The number of carbonyl (C=O) groups excluding carboxylic acids is 1. The number of aliphatic hydroxyl groups excluding tert-OH is 1. The third-order valence-corrected chi connectivity index (χ3v) is 6.72. The Hall–Kier alpha value is -2.12. The Morgan fingerprint density at radius 2 is 2.03 bits per heavy atom. The molecule has 186 valence electrons. The first kappa shape index (κ1) is 26.5. The number of hydrogen-bond donors (Lipinski definition) is 2. The SMILES string of the molecule is COC(=O)COc1ccc(CC(C)N(CCC2CCCCN2)CC(O)c2cccc(Cl)c2)cc1. The second-order valence-corrected chi connectivity index (χ2v) is 9.50. The van der Waals surface area contributed by atoms with Crippen molar-refractivity contribution in [3.63, 3.8) is 0 Å². The number of halogens is 1. The Morgan fingerprint density at radius 3 is 2.71 bits per heavy atom. The zero-order valence-electron chi connectivity index (χ0n) is 20.2. The van der Waals surface area contributed by atoms with Gasteiger partial charge in [0.05, 0.1) is 13.2 Å². The zero-order valence-corrected chi connectivity index (χ0v) is 21.0. The molecule has 2 aromatic carbocycles. The Balaban J connectivity index is 1.62. The van der Waals surface area contributed by atoms with Crippen molar-refractivity contribution in [3.8, 4) is 5.75 Å². The normalized spacial score (nSPS) is 17.9. The fourth-order valence-electron chi connectivity index (χ4n) is 4.42. The maximum absolute atomic E-state index is 11.3. The molecular formula is C27H37ClN2O4. The minimum atomic E-state index is -0.602. The van der Waals surface area contributed by atoms with Gasteiger partial charge in [0.25, 0.3) is 0 Å². The van der Waals surface area contributed by atoms with Crippen LogP contribution >= 0.6 is 11.6 Å². The lowest BCUT2D eigenvalue weighted by atomic mass is 10.00. The van der Waals surface area contributed by atoms with Gasteiger partial charge < -0.3 is 19.9 Å². The van der Waals surface area contributed by atoms with E-state index in [9.17, 15) is 9.90 Å². The van der Waals surface area contributed by atoms with Crippen molar-refractivity contribution in [2.24, 2.45) is 0 Å². The minimum absolute atomic E-state index is 0.101. The van der Waals surface area contributed by atoms with Gasteiger partial charge in [-0.2, -0.15) is 0 Å². The number of rotatable bonds is 12. The molecule has 3 unspecified atom stereocenters. The van der Waals surface area contributed by atoms with E-state index in [1.54, 1.807) is 0 Å². The van der Waals surface area contributed by atoms with Crippen LogP contribution in [0.15, 0.2) is 48.5 Å². The predicted octanol–water partition coefficient (Wildman–Crippen LogP) is 4.39. The summed E-state index contributed by atoms with van der Waals surface area (Å²) in [5, 5.41) is 15.2. The first-order valence-corrected chi connectivity index (χ1v) is 12.5. The van der Waals surface area contributed by atoms with Gasteiger partial charge in [0.15, 0.2) is 6.61 Å². The first-order chi connectivity index (χ1) is 16.4. The highest BCUT2D eigenvalue weighted by Gasteiger charge is 2.22. The van der Waals surface area contributed by atoms with Gasteiger partial charge in [0, 0.05) is 30.2 Å². The average molecular weight is 489 g/mol. The summed E-state index contributed by atoms with van der Waals surface area (Å²) in [4.78, 5) is 13.7. The van der Waals surface area contributed by atoms with Crippen molar-refractivity contribution in [1.29, 1.82) is 0 Å². The number of nitrogens with zero attached hydrogens (tertiary/aromatic N) is 1. The summed E-state index contributed by atoms with van der Waals surface area (Å²) in [7, 11) is 1.34. The molecule has 1 aliphatic rings. The van der Waals surface area contributed by atoms with Gasteiger partial charge in [-0.25, -0.2) is 4.79 Å². The van der Waals surface area contributed by atoms with Crippen LogP contribution in [0.2, 0.25) is 5.02 Å². The maximum Gasteiger partial charge on any atom is 0.343 e. The molecule has 2 aromatic rings. The number of esters is 1. The summed E-state index contributed by atoms with van der Waals surface area (Å²) in [6, 6.07) is 16.0. The Labute approximate surface area is 208 Å². The van der Waals surface area contributed by atoms with Gasteiger partial charge in [0.1, 0.15) is 5.75 Å². The number of ether oxygens (including phenoxy) is 2. The number of nitrogens with one attached hydrogen (secondary N) is 1. The molecule has 2 N–H and O–H groups in total. The van der Waals surface area contributed by atoms with Crippen LogP contribution in [0.1, 0.15) is 49.8 Å². The molecule has 3 rings (SSSR count). The van der Waals surface area contributed by atoms with E-state index in [0.717, 1.165) is 31.5 Å². The third-order valence-electron chi connectivity index (χ3n) is 6.48. The van der Waals surface area contributed by atoms with Crippen LogP contribution in [-0.2, 0) is 16.0 Å². The Bertz CT molecular complexity index is 886. The van der Waals surface area contributed by atoms with Crippen LogP contribution in [0.25, 0.3) is 0 Å². The van der Waals surface area contributed by atoms with Gasteiger partial charge in [-0.05, 0) is 74.5 Å². The molecule has 0 aromatic heterocycles. The van der Waals surface area contributed by atoms with Crippen LogP contribution < -0.4 is 10.1 Å². The van der Waals surface area contributed by atoms with E-state index in [1.807, 2.05) is 48.5 Å². The van der Waals surface area contributed by atoms with E-state index in [2.05, 4.69) is 21.9 Å². The molecule has 1 saturated heterocycles. The minimum Gasteiger partial charge on any atom is -0.482 e. The summed E-state index contributed by atoms with van der Waals surface area (Å²) in [5.74, 6) is 0.234. The van der Waals surface area contributed by atoms with Gasteiger partial charge >= 0.3 is 5.97 Å². The second kappa shape index (κ2) is 13.7. The molecule has 1 fully saturated rings. The standard InChI is InChI=1S/C27H37ClN2O4/c1-20(16-21-9-11-25(12-10-21)34-19-27(32)33-2)30(15-13-24-8-3-4-14-29-24)18-26(31)22-6-5-7-23(28)17-22/h5-7,9-12,17,20,24,26,29,31H,3-4,8,13-16,18-19H2,1-2H3. The topological polar surface area (TPSA) is 71.0 Å². The molecule has 7 heteroatoms. The van der Waals surface area contributed by atoms with Crippen molar-refractivity contribution < 1.29 is 19.4 Å². The molecule has 6 nitrogen and oxygen atoms in total. The molecule has 0 amide bonds. The maximum atomic E-state index is 11.3. The van der Waals surface area contributed by atoms with E-state index < -0.39 is 12.1 Å². The number of hydrogen-bond acceptors (Lipinski definition) is 6. The average Bonchev–Trinajstić information content (AvgIpc) is 2.86. The smallest absolute Gasteiger partial charge is 0.343 e. The first-order valence-electron chi connectivity index (χ1n) is 12.1. The fourth-order valence-corrected chi connectivity index (χ4v) is 4.62. The number of piperidine rings is 1. The second-order valence-electron chi connectivity index (χ2n) is 9.06. The largest absolute Gasteiger partial charge is 0.482 e. The predicted molar refractivity (Wildman–Crippen MR) is 135 cm³/mol. The highest BCUT2D eigenvalue weighted by atomic mass is 35.5. The summed E-state index contributed by atoms with van der Waals surface area (Å²) < 4.78 is 10.1. The lowest BCUT2D eigenvalue weighted by molar-refractivity contribution is -0.142. The van der Waals surface area contributed by atoms with Crippen LogP contribution in [-0.4, -0.2) is 61.4 Å². The lowest BCUT2D eigenvalue weighted by Crippen LogP contribution is -2.42. The Kier molecular flexibility index (Phi) is 10.7. The molecule has 0 spiro atoms. The highest BCUT2D eigenvalue weighted by Crippen LogP contribution is 2.22. The van der Waals surface area contributed by atoms with Crippen molar-refractivity contribution in [2.45, 2.75) is 57.2 Å². The monoisotopic (exact) mass is 488 g/mol. The van der Waals surface area contributed by atoms with Crippen molar-refractivity contribution in [1.82, 2.24) is 10.2 Å². The van der Waals surface area contributed by atoms with E-state index in [1.165, 1.54) is 31.9 Å². The van der Waals surface area contributed by atoms with Crippen molar-refractivity contribution in [3.05, 3.63) is 64.7 Å². The molecule has 1 aliphatic heterocycles.